The van der Waals surface area contributed by atoms with E-state index < -0.39 is 97.5 Å². The highest BCUT2D eigenvalue weighted by Crippen LogP contribution is 2.45. The maximum absolute atomic E-state index is 13.0. The van der Waals surface area contributed by atoms with Crippen LogP contribution in [0.2, 0.25) is 0 Å². The third-order valence-electron chi connectivity index (χ3n) is 16.5. The van der Waals surface area contributed by atoms with Crippen LogP contribution in [0.25, 0.3) is 0 Å². The summed E-state index contributed by atoms with van der Waals surface area (Å²) in [5.74, 6) is -0.628. The number of esters is 4. The lowest BCUT2D eigenvalue weighted by Gasteiger charge is -2.21. The molecule has 5 atom stereocenters. The summed E-state index contributed by atoms with van der Waals surface area (Å²) in [6.07, 6.45) is 48.5. The number of carbonyl (C=O) groups excluding carboxylic acids is 4. The van der Waals surface area contributed by atoms with Gasteiger partial charge in [-0.3, -0.25) is 37.3 Å². The molecule has 0 aromatic heterocycles. The van der Waals surface area contributed by atoms with Crippen molar-refractivity contribution in [3.8, 4) is 0 Å². The number of aliphatic hydroxyl groups excluding tert-OH is 1. The van der Waals surface area contributed by atoms with Crippen LogP contribution in [0.3, 0.4) is 0 Å². The quantitative estimate of drug-likeness (QED) is 0.0222. The van der Waals surface area contributed by atoms with Gasteiger partial charge < -0.3 is 33.8 Å². The lowest BCUT2D eigenvalue weighted by Crippen LogP contribution is -2.30. The highest BCUT2D eigenvalue weighted by molar-refractivity contribution is 7.47. The summed E-state index contributed by atoms with van der Waals surface area (Å²) in [7, 11) is -9.90. The summed E-state index contributed by atoms with van der Waals surface area (Å²) >= 11 is 0. The number of rotatable bonds is 70. The largest absolute Gasteiger partial charge is 0.472 e. The van der Waals surface area contributed by atoms with Crippen molar-refractivity contribution in [2.45, 2.75) is 381 Å². The van der Waals surface area contributed by atoms with Crippen molar-refractivity contribution >= 4 is 39.5 Å². The summed E-state index contributed by atoms with van der Waals surface area (Å²) in [4.78, 5) is 72.6. The Morgan fingerprint density at radius 3 is 0.756 bits per heavy atom. The molecule has 0 radical (unpaired) electrons. The van der Waals surface area contributed by atoms with Crippen molar-refractivity contribution < 1.29 is 80.2 Å². The molecule has 0 spiro atoms. The molecule has 0 rings (SSSR count). The lowest BCUT2D eigenvalue weighted by molar-refractivity contribution is -0.161. The Bertz CT molecular complexity index is 1750. The van der Waals surface area contributed by atoms with Gasteiger partial charge in [-0.25, -0.2) is 9.13 Å². The van der Waals surface area contributed by atoms with Gasteiger partial charge in [0.05, 0.1) is 26.4 Å². The predicted molar refractivity (Wildman–Crippen MR) is 363 cm³/mol. The molecule has 0 saturated heterocycles. The zero-order chi connectivity index (χ0) is 66.5. The average molecular weight is 1330 g/mol. The van der Waals surface area contributed by atoms with Crippen LogP contribution in [-0.4, -0.2) is 96.7 Å². The number of phosphoric acid groups is 2. The fraction of sp³-hybridized carbons (Fsp3) is 0.944. The summed E-state index contributed by atoms with van der Waals surface area (Å²) in [5.41, 5.74) is 0. The molecule has 19 heteroatoms. The van der Waals surface area contributed by atoms with E-state index in [4.69, 9.17) is 37.0 Å². The summed E-state index contributed by atoms with van der Waals surface area (Å²) in [5, 5.41) is 10.6. The molecule has 0 aromatic rings. The molecule has 534 valence electrons. The minimum absolute atomic E-state index is 0.105. The Balaban J connectivity index is 5.25. The summed E-state index contributed by atoms with van der Waals surface area (Å²) < 4.78 is 68.3. The average Bonchev–Trinajstić information content (AvgIpc) is 3.72. The molecular formula is C71H138O17P2. The van der Waals surface area contributed by atoms with Crippen molar-refractivity contribution in [3.63, 3.8) is 0 Å². The van der Waals surface area contributed by atoms with Crippen LogP contribution in [0.1, 0.15) is 363 Å². The molecular weight excluding hydrogens is 1190 g/mol. The number of phosphoric ester groups is 2. The number of unbranched alkanes of at least 4 members (excludes halogenated alkanes) is 40. The highest BCUT2D eigenvalue weighted by Gasteiger charge is 2.30. The number of carbonyl (C=O) groups is 4. The fourth-order valence-corrected chi connectivity index (χ4v) is 12.3. The second-order valence-corrected chi connectivity index (χ2v) is 29.5. The van der Waals surface area contributed by atoms with Crippen LogP contribution in [0.5, 0.6) is 0 Å². The molecule has 0 fully saturated rings. The third kappa shape index (κ3) is 64.8. The molecule has 90 heavy (non-hydrogen) atoms. The molecule has 0 amide bonds. The van der Waals surface area contributed by atoms with Crippen LogP contribution in [0.4, 0.5) is 0 Å². The van der Waals surface area contributed by atoms with Crippen LogP contribution in [0.15, 0.2) is 0 Å². The Morgan fingerprint density at radius 1 is 0.300 bits per heavy atom. The fourth-order valence-electron chi connectivity index (χ4n) is 10.8. The van der Waals surface area contributed by atoms with Crippen molar-refractivity contribution in [2.75, 3.05) is 39.6 Å². The topological polar surface area (TPSA) is 237 Å². The zero-order valence-corrected chi connectivity index (χ0v) is 60.2. The SMILES string of the molecule is CCCCCCCCCCCCCCCCC(=O)OC[C@H](COP(=O)(O)OC[C@@H](O)COP(=O)(O)OC[C@@H](COC(=O)CCCCCCCCCCCC)OC(=O)CCCCCCCCCCC(C)C)OC(=O)CCCCCCCCCCCCCCC(C)C. The van der Waals surface area contributed by atoms with Crippen LogP contribution in [0, 0.1) is 11.8 Å². The van der Waals surface area contributed by atoms with E-state index in [1.165, 1.54) is 180 Å². The van der Waals surface area contributed by atoms with E-state index in [2.05, 4.69) is 41.5 Å². The number of aliphatic hydroxyl groups is 1. The second-order valence-electron chi connectivity index (χ2n) is 26.6. The van der Waals surface area contributed by atoms with Gasteiger partial charge in [-0.15, -0.1) is 0 Å². The maximum atomic E-state index is 13.0. The molecule has 0 aliphatic rings. The van der Waals surface area contributed by atoms with E-state index in [-0.39, 0.29) is 25.7 Å². The van der Waals surface area contributed by atoms with Crippen LogP contribution in [-0.2, 0) is 65.4 Å². The van der Waals surface area contributed by atoms with Crippen molar-refractivity contribution in [2.24, 2.45) is 11.8 Å². The van der Waals surface area contributed by atoms with Crippen LogP contribution < -0.4 is 0 Å². The number of ether oxygens (including phenoxy) is 4. The van der Waals surface area contributed by atoms with Gasteiger partial charge >= 0.3 is 39.5 Å². The molecule has 17 nitrogen and oxygen atoms in total. The van der Waals surface area contributed by atoms with Crippen molar-refractivity contribution in [3.05, 3.63) is 0 Å². The van der Waals surface area contributed by atoms with Gasteiger partial charge in [-0.1, -0.05) is 311 Å². The van der Waals surface area contributed by atoms with Gasteiger partial charge in [-0.2, -0.15) is 0 Å². The molecule has 0 heterocycles. The lowest BCUT2D eigenvalue weighted by atomic mass is 10.0. The van der Waals surface area contributed by atoms with E-state index in [0.29, 0.717) is 25.7 Å². The molecule has 0 aliphatic heterocycles. The zero-order valence-electron chi connectivity index (χ0n) is 58.4. The first-order chi connectivity index (χ1) is 43.4. The van der Waals surface area contributed by atoms with Crippen molar-refractivity contribution in [1.29, 1.82) is 0 Å². The minimum Gasteiger partial charge on any atom is -0.462 e. The van der Waals surface area contributed by atoms with Gasteiger partial charge in [0, 0.05) is 25.7 Å². The molecule has 0 aliphatic carbocycles. The Hall–Kier alpha value is -1.94. The standard InChI is InChI=1S/C71H138O17P2/c1-7-9-11-13-15-17-19-20-21-25-29-36-42-48-54-69(74)82-59-66(87-70(75)55-49-43-37-30-26-23-22-24-27-33-39-45-51-63(3)4)61-85-89(77,78)83-57-65(72)58-84-90(79,80)86-62-67(60-81-68(73)53-47-41-35-28-18-16-14-12-10-8-2)88-71(76)56-50-44-38-32-31-34-40-46-52-64(5)6/h63-67,72H,7-62H2,1-6H3,(H,77,78)(H,79,80)/t65-,66-,67-/m1/s1. The molecule has 2 unspecified atom stereocenters. The van der Waals surface area contributed by atoms with E-state index in [1.54, 1.807) is 0 Å². The van der Waals surface area contributed by atoms with Crippen LogP contribution >= 0.6 is 15.6 Å². The van der Waals surface area contributed by atoms with Gasteiger partial charge in [0.2, 0.25) is 0 Å². The predicted octanol–water partition coefficient (Wildman–Crippen LogP) is 20.4. The Labute approximate surface area is 549 Å². The molecule has 0 bridgehead atoms. The number of hydrogen-bond acceptors (Lipinski definition) is 15. The normalized spacial score (nSPS) is 14.1. The first-order valence-electron chi connectivity index (χ1n) is 37.0. The van der Waals surface area contributed by atoms with E-state index in [0.717, 1.165) is 102 Å². The monoisotopic (exact) mass is 1320 g/mol. The van der Waals surface area contributed by atoms with Crippen molar-refractivity contribution in [1.82, 2.24) is 0 Å². The molecule has 3 N–H and O–H groups in total. The maximum Gasteiger partial charge on any atom is 0.472 e. The van der Waals surface area contributed by atoms with Gasteiger partial charge in [0.25, 0.3) is 0 Å². The van der Waals surface area contributed by atoms with E-state index >= 15 is 0 Å². The third-order valence-corrected chi connectivity index (χ3v) is 18.4. The first-order valence-corrected chi connectivity index (χ1v) is 40.0. The number of hydrogen-bond donors (Lipinski definition) is 3. The van der Waals surface area contributed by atoms with Gasteiger partial charge in [0.1, 0.15) is 19.3 Å². The Kier molecular flexibility index (Phi) is 61.8. The molecule has 0 saturated carbocycles. The van der Waals surface area contributed by atoms with Gasteiger partial charge in [-0.05, 0) is 37.5 Å². The molecule has 0 aromatic carbocycles. The Morgan fingerprint density at radius 2 is 0.511 bits per heavy atom. The summed E-state index contributed by atoms with van der Waals surface area (Å²) in [6.45, 7) is 9.52. The first kappa shape index (κ1) is 88.1. The van der Waals surface area contributed by atoms with E-state index in [1.807, 2.05) is 0 Å². The highest BCUT2D eigenvalue weighted by atomic mass is 31.2. The van der Waals surface area contributed by atoms with E-state index in [9.17, 15) is 43.2 Å². The smallest absolute Gasteiger partial charge is 0.462 e. The minimum atomic E-state index is -4.95. The summed E-state index contributed by atoms with van der Waals surface area (Å²) in [6, 6.07) is 0. The van der Waals surface area contributed by atoms with Gasteiger partial charge in [0.15, 0.2) is 12.2 Å². The second kappa shape index (κ2) is 63.1.